The van der Waals surface area contributed by atoms with Gasteiger partial charge in [0.1, 0.15) is 18.2 Å². The van der Waals surface area contributed by atoms with Gasteiger partial charge in [0, 0.05) is 29.6 Å². The third-order valence-electron chi connectivity index (χ3n) is 3.85. The number of nitrogens with zero attached hydrogens (tertiary/aromatic N) is 1. The molecule has 0 aliphatic rings. The summed E-state index contributed by atoms with van der Waals surface area (Å²) in [5, 5.41) is 11.3. The molecule has 2 amide bonds. The van der Waals surface area contributed by atoms with E-state index in [9.17, 15) is 14.0 Å². The average molecular weight is 375 g/mol. The van der Waals surface area contributed by atoms with Crippen molar-refractivity contribution in [3.8, 4) is 16.9 Å². The number of rotatable bonds is 8. The van der Waals surface area contributed by atoms with Gasteiger partial charge in [-0.05, 0) is 30.5 Å². The van der Waals surface area contributed by atoms with Crippen LogP contribution in [0.25, 0.3) is 11.1 Å². The van der Waals surface area contributed by atoms with Crippen molar-refractivity contribution in [3.05, 3.63) is 48.0 Å². The predicted octanol–water partition coefficient (Wildman–Crippen LogP) is 3.05. The number of nitrogens with two attached hydrogens (primary N) is 1. The molecule has 1 unspecified atom stereocenters. The fourth-order valence-electron chi connectivity index (χ4n) is 2.74. The van der Waals surface area contributed by atoms with Crippen LogP contribution in [0, 0.1) is 11.7 Å². The lowest BCUT2D eigenvalue weighted by atomic mass is 10.0. The second-order valence-corrected chi connectivity index (χ2v) is 6.51. The Morgan fingerprint density at radius 2 is 2.04 bits per heavy atom. The van der Waals surface area contributed by atoms with E-state index in [1.165, 1.54) is 30.6 Å². The van der Waals surface area contributed by atoms with E-state index in [4.69, 9.17) is 15.6 Å². The third kappa shape index (κ3) is 5.67. The molecule has 7 nitrogen and oxygen atoms in total. The van der Waals surface area contributed by atoms with Gasteiger partial charge in [-0.2, -0.15) is 0 Å². The fourth-order valence-corrected chi connectivity index (χ4v) is 2.74. The molecule has 0 aliphatic carbocycles. The van der Waals surface area contributed by atoms with Crippen LogP contribution < -0.4 is 15.8 Å². The lowest BCUT2D eigenvalue weighted by Crippen LogP contribution is -2.39. The Balaban J connectivity index is 2.17. The molecule has 27 heavy (non-hydrogen) atoms. The molecule has 0 aliphatic heterocycles. The Kier molecular flexibility index (Phi) is 6.70. The normalized spacial score (nSPS) is 11.9. The van der Waals surface area contributed by atoms with Gasteiger partial charge in [-0.25, -0.2) is 9.18 Å². The van der Waals surface area contributed by atoms with E-state index in [-0.39, 0.29) is 29.4 Å². The van der Waals surface area contributed by atoms with Crippen LogP contribution in [0.4, 0.5) is 9.18 Å². The number of halogens is 1. The molecule has 2 rings (SSSR count). The third-order valence-corrected chi connectivity index (χ3v) is 3.85. The molecule has 4 N–H and O–H groups in total. The lowest BCUT2D eigenvalue weighted by Gasteiger charge is -2.19. The zero-order valence-corrected chi connectivity index (χ0v) is 15.1. The van der Waals surface area contributed by atoms with Crippen LogP contribution in [0.5, 0.6) is 5.75 Å². The van der Waals surface area contributed by atoms with Crippen LogP contribution in [-0.2, 0) is 0 Å². The van der Waals surface area contributed by atoms with Gasteiger partial charge in [0.05, 0.1) is 11.6 Å². The standard InChI is InChI=1S/C19H22FN3O4/c1-11(2)7-12(23-19(25)26)10-27-13-3-4-15(17(20)8-13)14-5-6-22-9-16(14)18(21)24/h3-6,8-9,11-12,23H,7,10H2,1-2H3,(H2,21,24)(H,25,26). The molecule has 0 bridgehead atoms. The maximum atomic E-state index is 14.6. The highest BCUT2D eigenvalue weighted by atomic mass is 19.1. The molecule has 1 atom stereocenters. The second-order valence-electron chi connectivity index (χ2n) is 6.51. The van der Waals surface area contributed by atoms with E-state index in [1.807, 2.05) is 13.8 Å². The van der Waals surface area contributed by atoms with Gasteiger partial charge < -0.3 is 20.9 Å². The molecule has 0 radical (unpaired) electrons. The van der Waals surface area contributed by atoms with E-state index in [0.717, 1.165) is 0 Å². The van der Waals surface area contributed by atoms with Crippen LogP contribution in [0.2, 0.25) is 0 Å². The number of carbonyl (C=O) groups excluding carboxylic acids is 1. The Labute approximate surface area is 156 Å². The summed E-state index contributed by atoms with van der Waals surface area (Å²) < 4.78 is 20.1. The zero-order valence-electron chi connectivity index (χ0n) is 15.1. The zero-order chi connectivity index (χ0) is 20.0. The molecule has 1 aromatic heterocycles. The number of benzene rings is 1. The van der Waals surface area contributed by atoms with Crippen molar-refractivity contribution in [2.24, 2.45) is 11.7 Å². The predicted molar refractivity (Wildman–Crippen MR) is 98.0 cm³/mol. The summed E-state index contributed by atoms with van der Waals surface area (Å²) in [4.78, 5) is 26.2. The van der Waals surface area contributed by atoms with Crippen LogP contribution in [0.1, 0.15) is 30.6 Å². The molecule has 0 spiro atoms. The number of ether oxygens (including phenoxy) is 1. The highest BCUT2D eigenvalue weighted by Gasteiger charge is 2.17. The van der Waals surface area contributed by atoms with Crippen molar-refractivity contribution in [2.45, 2.75) is 26.3 Å². The first-order valence-corrected chi connectivity index (χ1v) is 8.44. The van der Waals surface area contributed by atoms with E-state index >= 15 is 0 Å². The number of aromatic nitrogens is 1. The van der Waals surface area contributed by atoms with Crippen LogP contribution in [0.15, 0.2) is 36.7 Å². The van der Waals surface area contributed by atoms with Gasteiger partial charge in [-0.15, -0.1) is 0 Å². The molecule has 0 fully saturated rings. The maximum absolute atomic E-state index is 14.6. The number of primary amides is 1. The molecular weight excluding hydrogens is 353 g/mol. The molecule has 0 saturated carbocycles. The number of pyridine rings is 1. The Bertz CT molecular complexity index is 826. The summed E-state index contributed by atoms with van der Waals surface area (Å²) in [5.74, 6) is -0.766. The largest absolute Gasteiger partial charge is 0.491 e. The SMILES string of the molecule is CC(C)CC(COc1ccc(-c2ccncc2C(N)=O)c(F)c1)NC(=O)O. The van der Waals surface area contributed by atoms with Crippen LogP contribution in [0.3, 0.4) is 0 Å². The maximum Gasteiger partial charge on any atom is 0.404 e. The molecular formula is C19H22FN3O4. The van der Waals surface area contributed by atoms with E-state index in [1.54, 1.807) is 6.07 Å². The van der Waals surface area contributed by atoms with Gasteiger partial charge in [0.25, 0.3) is 5.91 Å². The molecule has 2 aromatic rings. The smallest absolute Gasteiger partial charge is 0.404 e. The molecule has 1 aromatic carbocycles. The molecule has 144 valence electrons. The van der Waals surface area contributed by atoms with Gasteiger partial charge >= 0.3 is 6.09 Å². The van der Waals surface area contributed by atoms with Gasteiger partial charge in [0.2, 0.25) is 0 Å². The van der Waals surface area contributed by atoms with E-state index in [0.29, 0.717) is 12.0 Å². The number of hydrogen-bond acceptors (Lipinski definition) is 4. The minimum atomic E-state index is -1.14. The summed E-state index contributed by atoms with van der Waals surface area (Å²) in [6.07, 6.45) is 2.18. The topological polar surface area (TPSA) is 115 Å². The minimum absolute atomic E-state index is 0.0745. The molecule has 8 heteroatoms. The van der Waals surface area contributed by atoms with Gasteiger partial charge in [-0.1, -0.05) is 13.8 Å². The Hall–Kier alpha value is -3.16. The van der Waals surface area contributed by atoms with Crippen molar-refractivity contribution in [1.82, 2.24) is 10.3 Å². The van der Waals surface area contributed by atoms with Gasteiger partial charge in [0.15, 0.2) is 0 Å². The average Bonchev–Trinajstić information content (AvgIpc) is 2.59. The summed E-state index contributed by atoms with van der Waals surface area (Å²) in [6.45, 7) is 4.01. The molecule has 1 heterocycles. The lowest BCUT2D eigenvalue weighted by molar-refractivity contribution is 0.100. The van der Waals surface area contributed by atoms with Crippen LogP contribution >= 0.6 is 0 Å². The summed E-state index contributed by atoms with van der Waals surface area (Å²) in [5.41, 5.74) is 5.96. The van der Waals surface area contributed by atoms with Gasteiger partial charge in [-0.3, -0.25) is 9.78 Å². The second kappa shape index (κ2) is 8.98. The minimum Gasteiger partial charge on any atom is -0.491 e. The number of carbonyl (C=O) groups is 2. The first-order valence-electron chi connectivity index (χ1n) is 8.44. The number of nitrogens with one attached hydrogen (secondary N) is 1. The summed E-state index contributed by atoms with van der Waals surface area (Å²) in [6, 6.07) is 5.32. The Morgan fingerprint density at radius 3 is 2.63 bits per heavy atom. The van der Waals surface area contributed by atoms with Crippen molar-refractivity contribution < 1.29 is 23.8 Å². The van der Waals surface area contributed by atoms with Crippen molar-refractivity contribution in [2.75, 3.05) is 6.61 Å². The van der Waals surface area contributed by atoms with Crippen molar-refractivity contribution >= 4 is 12.0 Å². The number of hydrogen-bond donors (Lipinski definition) is 3. The monoisotopic (exact) mass is 375 g/mol. The number of amides is 2. The first kappa shape index (κ1) is 20.2. The first-order chi connectivity index (χ1) is 12.8. The molecule has 0 saturated heterocycles. The van der Waals surface area contributed by atoms with E-state index < -0.39 is 23.9 Å². The Morgan fingerprint density at radius 1 is 1.30 bits per heavy atom. The quantitative estimate of drug-likeness (QED) is 0.656. The highest BCUT2D eigenvalue weighted by molar-refractivity contribution is 5.99. The van der Waals surface area contributed by atoms with Crippen molar-refractivity contribution in [3.63, 3.8) is 0 Å². The number of carboxylic acid groups (broad SMARTS) is 1. The highest BCUT2D eigenvalue weighted by Crippen LogP contribution is 2.28. The summed E-state index contributed by atoms with van der Waals surface area (Å²) >= 11 is 0. The van der Waals surface area contributed by atoms with E-state index in [2.05, 4.69) is 10.3 Å². The fraction of sp³-hybridized carbons (Fsp3) is 0.316. The van der Waals surface area contributed by atoms with Crippen LogP contribution in [-0.4, -0.2) is 34.7 Å². The summed E-state index contributed by atoms with van der Waals surface area (Å²) in [7, 11) is 0. The van der Waals surface area contributed by atoms with Crippen molar-refractivity contribution in [1.29, 1.82) is 0 Å².